The topological polar surface area (TPSA) is 74.2 Å². The maximum Gasteiger partial charge on any atom is 0.242 e. The summed E-state index contributed by atoms with van der Waals surface area (Å²) in [5, 5.41) is 7.61. The van der Waals surface area contributed by atoms with E-state index in [9.17, 15) is 0 Å². The van der Waals surface area contributed by atoms with E-state index in [0.717, 1.165) is 12.8 Å². The Morgan fingerprint density at radius 3 is 2.69 bits per heavy atom. The molecule has 0 saturated heterocycles. The summed E-state index contributed by atoms with van der Waals surface area (Å²) in [6.07, 6.45) is 5.81. The van der Waals surface area contributed by atoms with Crippen LogP contribution in [0, 0.1) is 6.92 Å². The fourth-order valence-electron chi connectivity index (χ4n) is 2.14. The van der Waals surface area contributed by atoms with Crippen molar-refractivity contribution >= 4 is 0 Å². The van der Waals surface area contributed by atoms with Gasteiger partial charge in [-0.3, -0.25) is 0 Å². The number of nitrogens with zero attached hydrogens (tertiary/aromatic N) is 2. The number of aryl methyl sites for hydroxylation is 1. The van der Waals surface area contributed by atoms with Gasteiger partial charge in [0, 0.05) is 12.5 Å². The molecule has 1 aromatic heterocycles. The molecule has 0 radical (unpaired) electrons. The van der Waals surface area contributed by atoms with Gasteiger partial charge in [-0.1, -0.05) is 19.3 Å². The van der Waals surface area contributed by atoms with Crippen molar-refractivity contribution in [1.29, 1.82) is 0 Å². The van der Waals surface area contributed by atoms with Crippen molar-refractivity contribution in [2.45, 2.75) is 51.2 Å². The monoisotopic (exact) mass is 225 g/mol. The minimum atomic E-state index is -0.146. The van der Waals surface area contributed by atoms with Crippen LogP contribution < -0.4 is 5.73 Å². The molecule has 5 heteroatoms. The molecule has 0 bridgehead atoms. The fourth-order valence-corrected chi connectivity index (χ4v) is 2.14. The predicted molar refractivity (Wildman–Crippen MR) is 58.7 cm³/mol. The van der Waals surface area contributed by atoms with Gasteiger partial charge < -0.3 is 14.9 Å². The molecule has 0 atom stereocenters. The Bertz CT molecular complexity index is 332. The van der Waals surface area contributed by atoms with E-state index in [-0.39, 0.29) is 5.54 Å². The summed E-state index contributed by atoms with van der Waals surface area (Å²) >= 11 is 0. The van der Waals surface area contributed by atoms with Crippen LogP contribution in [0.3, 0.4) is 0 Å². The van der Waals surface area contributed by atoms with Crippen LogP contribution >= 0.6 is 0 Å². The molecule has 1 saturated carbocycles. The van der Waals surface area contributed by atoms with E-state index in [4.69, 9.17) is 14.9 Å². The zero-order chi connectivity index (χ0) is 11.4. The number of aromatic nitrogens is 2. The Morgan fingerprint density at radius 1 is 1.31 bits per heavy atom. The van der Waals surface area contributed by atoms with Crippen LogP contribution in [0.1, 0.15) is 43.9 Å². The quantitative estimate of drug-likeness (QED) is 0.841. The summed E-state index contributed by atoms with van der Waals surface area (Å²) in [5.74, 6) is 1.09. The second-order valence-corrected chi connectivity index (χ2v) is 4.63. The molecular weight excluding hydrogens is 206 g/mol. The molecule has 90 valence electrons. The molecule has 0 amide bonds. The molecule has 1 fully saturated rings. The van der Waals surface area contributed by atoms with Gasteiger partial charge in [-0.2, -0.15) is 0 Å². The first-order chi connectivity index (χ1) is 7.68. The summed E-state index contributed by atoms with van der Waals surface area (Å²) in [4.78, 5) is 0. The molecule has 2 N–H and O–H groups in total. The molecule has 1 aromatic rings. The minimum Gasteiger partial charge on any atom is -0.423 e. The maximum atomic E-state index is 6.24. The third kappa shape index (κ3) is 3.02. The van der Waals surface area contributed by atoms with Crippen LogP contribution in [0.15, 0.2) is 4.42 Å². The molecular formula is C11H19N3O2. The van der Waals surface area contributed by atoms with Gasteiger partial charge in [0.25, 0.3) is 0 Å². The van der Waals surface area contributed by atoms with E-state index in [0.29, 0.717) is 25.0 Å². The Labute approximate surface area is 95.4 Å². The smallest absolute Gasteiger partial charge is 0.242 e. The average molecular weight is 225 g/mol. The lowest BCUT2D eigenvalue weighted by Gasteiger charge is -2.32. The second kappa shape index (κ2) is 4.93. The zero-order valence-corrected chi connectivity index (χ0v) is 9.74. The number of hydrogen-bond acceptors (Lipinski definition) is 5. The van der Waals surface area contributed by atoms with Crippen LogP contribution in [-0.2, 0) is 11.3 Å². The van der Waals surface area contributed by atoms with Gasteiger partial charge in [0.1, 0.15) is 6.61 Å². The van der Waals surface area contributed by atoms with Crippen LogP contribution in [0.5, 0.6) is 0 Å². The Kier molecular flexibility index (Phi) is 3.56. The predicted octanol–water partition coefficient (Wildman–Crippen LogP) is 1.56. The molecule has 1 aliphatic carbocycles. The van der Waals surface area contributed by atoms with Crippen molar-refractivity contribution in [1.82, 2.24) is 10.2 Å². The normalized spacial score (nSPS) is 19.9. The summed E-state index contributed by atoms with van der Waals surface area (Å²) in [7, 11) is 0. The van der Waals surface area contributed by atoms with E-state index in [2.05, 4.69) is 10.2 Å². The Morgan fingerprint density at radius 2 is 2.06 bits per heavy atom. The van der Waals surface area contributed by atoms with Crippen molar-refractivity contribution < 1.29 is 9.15 Å². The van der Waals surface area contributed by atoms with Crippen LogP contribution in [-0.4, -0.2) is 22.3 Å². The van der Waals surface area contributed by atoms with E-state index in [1.807, 2.05) is 0 Å². The molecule has 0 spiro atoms. The Hall–Kier alpha value is -0.940. The van der Waals surface area contributed by atoms with E-state index < -0.39 is 0 Å². The second-order valence-electron chi connectivity index (χ2n) is 4.63. The highest BCUT2D eigenvalue weighted by Gasteiger charge is 2.27. The highest BCUT2D eigenvalue weighted by molar-refractivity contribution is 4.87. The molecule has 0 unspecified atom stereocenters. The fraction of sp³-hybridized carbons (Fsp3) is 0.818. The molecule has 5 nitrogen and oxygen atoms in total. The highest BCUT2D eigenvalue weighted by atomic mass is 16.5. The SMILES string of the molecule is Cc1nnc(COCC2(N)CCCCC2)o1. The largest absolute Gasteiger partial charge is 0.423 e. The lowest BCUT2D eigenvalue weighted by atomic mass is 9.83. The first-order valence-corrected chi connectivity index (χ1v) is 5.84. The summed E-state index contributed by atoms with van der Waals surface area (Å²) in [6.45, 7) is 2.70. The van der Waals surface area contributed by atoms with Gasteiger partial charge in [0.2, 0.25) is 11.8 Å². The van der Waals surface area contributed by atoms with Gasteiger partial charge >= 0.3 is 0 Å². The number of ether oxygens (including phenoxy) is 1. The minimum absolute atomic E-state index is 0.146. The molecule has 1 aliphatic rings. The third-order valence-corrected chi connectivity index (χ3v) is 3.03. The Balaban J connectivity index is 1.74. The van der Waals surface area contributed by atoms with E-state index >= 15 is 0 Å². The lowest BCUT2D eigenvalue weighted by Crippen LogP contribution is -2.46. The molecule has 1 heterocycles. The molecule has 0 aliphatic heterocycles. The van der Waals surface area contributed by atoms with Gasteiger partial charge in [-0.15, -0.1) is 10.2 Å². The average Bonchev–Trinajstić information content (AvgIpc) is 2.65. The molecule has 16 heavy (non-hydrogen) atoms. The van der Waals surface area contributed by atoms with E-state index in [1.54, 1.807) is 6.92 Å². The van der Waals surface area contributed by atoms with Gasteiger partial charge in [-0.05, 0) is 12.8 Å². The summed E-state index contributed by atoms with van der Waals surface area (Å²) < 4.78 is 10.8. The van der Waals surface area contributed by atoms with Crippen molar-refractivity contribution in [2.75, 3.05) is 6.61 Å². The molecule has 0 aromatic carbocycles. The van der Waals surface area contributed by atoms with Crippen molar-refractivity contribution in [3.63, 3.8) is 0 Å². The number of rotatable bonds is 4. The lowest BCUT2D eigenvalue weighted by molar-refractivity contribution is 0.0461. The highest BCUT2D eigenvalue weighted by Crippen LogP contribution is 2.26. The molecule has 2 rings (SSSR count). The van der Waals surface area contributed by atoms with Gasteiger partial charge in [0.15, 0.2) is 0 Å². The van der Waals surface area contributed by atoms with Crippen molar-refractivity contribution in [3.05, 3.63) is 11.8 Å². The van der Waals surface area contributed by atoms with Gasteiger partial charge in [-0.25, -0.2) is 0 Å². The first kappa shape index (κ1) is 11.5. The van der Waals surface area contributed by atoms with E-state index in [1.165, 1.54) is 19.3 Å². The third-order valence-electron chi connectivity index (χ3n) is 3.03. The van der Waals surface area contributed by atoms with Crippen LogP contribution in [0.2, 0.25) is 0 Å². The zero-order valence-electron chi connectivity index (χ0n) is 9.74. The number of hydrogen-bond donors (Lipinski definition) is 1. The van der Waals surface area contributed by atoms with Crippen molar-refractivity contribution in [3.8, 4) is 0 Å². The summed E-state index contributed by atoms with van der Waals surface area (Å²) in [6, 6.07) is 0. The summed E-state index contributed by atoms with van der Waals surface area (Å²) in [5.41, 5.74) is 6.09. The maximum absolute atomic E-state index is 6.24. The van der Waals surface area contributed by atoms with Crippen molar-refractivity contribution in [2.24, 2.45) is 5.73 Å². The van der Waals surface area contributed by atoms with Crippen LogP contribution in [0.25, 0.3) is 0 Å². The van der Waals surface area contributed by atoms with Crippen LogP contribution in [0.4, 0.5) is 0 Å². The number of nitrogens with two attached hydrogens (primary N) is 1. The standard InChI is InChI=1S/C11H19N3O2/c1-9-13-14-10(16-9)7-15-8-11(12)5-3-2-4-6-11/h2-8,12H2,1H3. The van der Waals surface area contributed by atoms with Gasteiger partial charge in [0.05, 0.1) is 6.61 Å². The first-order valence-electron chi connectivity index (χ1n) is 5.84.